The van der Waals surface area contributed by atoms with Crippen molar-refractivity contribution in [1.29, 1.82) is 0 Å². The minimum Gasteiger partial charge on any atom is -0.389 e. The minimum absolute atomic E-state index is 0.331. The van der Waals surface area contributed by atoms with Crippen LogP contribution >= 0.6 is 35.2 Å². The van der Waals surface area contributed by atoms with E-state index in [1.54, 1.807) is 0 Å². The molecule has 2 rings (SSSR count). The Morgan fingerprint density at radius 1 is 1.50 bits per heavy atom. The molecular weight excluding hydrogens is 238 g/mol. The summed E-state index contributed by atoms with van der Waals surface area (Å²) in [5, 5.41) is 1.37. The number of halogens is 1. The van der Waals surface area contributed by atoms with Crippen molar-refractivity contribution in [2.24, 2.45) is 5.73 Å². The van der Waals surface area contributed by atoms with Gasteiger partial charge in [-0.05, 0) is 12.8 Å². The van der Waals surface area contributed by atoms with E-state index in [1.165, 1.54) is 24.2 Å². The number of rotatable bonds is 2. The molecule has 0 radical (unpaired) electrons. The smallest absolute Gasteiger partial charge is 0.187 e. The van der Waals surface area contributed by atoms with Crippen molar-refractivity contribution in [3.8, 4) is 0 Å². The van der Waals surface area contributed by atoms with Gasteiger partial charge in [0.05, 0.1) is 0 Å². The van der Waals surface area contributed by atoms with E-state index in [-0.39, 0.29) is 0 Å². The van der Waals surface area contributed by atoms with Crippen LogP contribution in [0.4, 0.5) is 5.13 Å². The van der Waals surface area contributed by atoms with Crippen molar-refractivity contribution in [2.45, 2.75) is 12.8 Å². The third-order valence-corrected chi connectivity index (χ3v) is 4.04. The summed E-state index contributed by atoms with van der Waals surface area (Å²) >= 11 is 12.3. The summed E-state index contributed by atoms with van der Waals surface area (Å²) in [7, 11) is 0. The Bertz CT molecular complexity index is 357. The Kier molecular flexibility index (Phi) is 2.90. The number of anilines is 1. The molecule has 0 amide bonds. The molecule has 0 bridgehead atoms. The first-order chi connectivity index (χ1) is 6.68. The highest BCUT2D eigenvalue weighted by molar-refractivity contribution is 7.81. The second kappa shape index (κ2) is 4.00. The maximum atomic E-state index is 5.92. The SMILES string of the molecule is NC(=S)c1sc(N2CCCC2)nc1Cl. The van der Waals surface area contributed by atoms with Crippen molar-refractivity contribution in [1.82, 2.24) is 4.98 Å². The second-order valence-corrected chi connectivity index (χ2v) is 4.95. The molecule has 76 valence electrons. The Morgan fingerprint density at radius 2 is 2.14 bits per heavy atom. The van der Waals surface area contributed by atoms with E-state index in [2.05, 4.69) is 9.88 Å². The lowest BCUT2D eigenvalue weighted by molar-refractivity contribution is 0.949. The monoisotopic (exact) mass is 247 g/mol. The molecule has 0 aliphatic carbocycles. The molecule has 1 saturated heterocycles. The fourth-order valence-corrected chi connectivity index (χ4v) is 2.97. The molecule has 14 heavy (non-hydrogen) atoms. The predicted octanol–water partition coefficient (Wildman–Crippen LogP) is 2.03. The van der Waals surface area contributed by atoms with Crippen LogP contribution in [-0.2, 0) is 0 Å². The van der Waals surface area contributed by atoms with Gasteiger partial charge in [-0.3, -0.25) is 0 Å². The van der Waals surface area contributed by atoms with Crippen LogP contribution < -0.4 is 10.6 Å². The van der Waals surface area contributed by atoms with E-state index in [9.17, 15) is 0 Å². The lowest BCUT2D eigenvalue weighted by Crippen LogP contribution is -2.16. The summed E-state index contributed by atoms with van der Waals surface area (Å²) in [4.78, 5) is 7.53. The van der Waals surface area contributed by atoms with Crippen LogP contribution in [0.3, 0.4) is 0 Å². The molecule has 1 fully saturated rings. The van der Waals surface area contributed by atoms with Crippen molar-refractivity contribution in [3.05, 3.63) is 10.0 Å². The van der Waals surface area contributed by atoms with Crippen LogP contribution in [0.1, 0.15) is 17.7 Å². The van der Waals surface area contributed by atoms with Crippen LogP contribution in [0.2, 0.25) is 5.15 Å². The highest BCUT2D eigenvalue weighted by Gasteiger charge is 2.19. The maximum absolute atomic E-state index is 5.92. The number of nitrogens with zero attached hydrogens (tertiary/aromatic N) is 2. The summed E-state index contributed by atoms with van der Waals surface area (Å²) in [6, 6.07) is 0. The minimum atomic E-state index is 0.331. The highest BCUT2D eigenvalue weighted by Crippen LogP contribution is 2.31. The molecule has 1 aliphatic heterocycles. The van der Waals surface area contributed by atoms with Crippen LogP contribution in [0.15, 0.2) is 0 Å². The molecular formula is C8H10ClN3S2. The van der Waals surface area contributed by atoms with Crippen molar-refractivity contribution in [2.75, 3.05) is 18.0 Å². The summed E-state index contributed by atoms with van der Waals surface area (Å²) in [6.45, 7) is 2.11. The normalized spacial score (nSPS) is 16.2. The van der Waals surface area contributed by atoms with Gasteiger partial charge in [-0.1, -0.05) is 35.2 Å². The van der Waals surface area contributed by atoms with E-state index in [1.807, 2.05) is 0 Å². The van der Waals surface area contributed by atoms with Gasteiger partial charge in [0.25, 0.3) is 0 Å². The zero-order valence-electron chi connectivity index (χ0n) is 7.49. The average molecular weight is 248 g/mol. The first-order valence-corrected chi connectivity index (χ1v) is 6.00. The van der Waals surface area contributed by atoms with Crippen molar-refractivity contribution in [3.63, 3.8) is 0 Å². The van der Waals surface area contributed by atoms with Crippen molar-refractivity contribution >= 4 is 45.3 Å². The molecule has 0 spiro atoms. The van der Waals surface area contributed by atoms with Gasteiger partial charge < -0.3 is 10.6 Å². The number of thiocarbonyl (C=S) groups is 1. The van der Waals surface area contributed by atoms with E-state index in [4.69, 9.17) is 29.6 Å². The van der Waals surface area contributed by atoms with Gasteiger partial charge in [0, 0.05) is 13.1 Å². The maximum Gasteiger partial charge on any atom is 0.187 e. The fourth-order valence-electron chi connectivity index (χ4n) is 1.49. The zero-order valence-corrected chi connectivity index (χ0v) is 9.88. The standard InChI is InChI=1S/C8H10ClN3S2/c9-6-5(7(10)13)14-8(11-6)12-3-1-2-4-12/h1-4H2,(H2,10,13). The Balaban J connectivity index is 2.27. The number of thiazole rings is 1. The number of nitrogens with two attached hydrogens (primary N) is 1. The third kappa shape index (κ3) is 1.85. The predicted molar refractivity (Wildman–Crippen MR) is 64.5 cm³/mol. The van der Waals surface area contributed by atoms with E-state index < -0.39 is 0 Å². The van der Waals surface area contributed by atoms with Gasteiger partial charge in [-0.15, -0.1) is 0 Å². The largest absolute Gasteiger partial charge is 0.389 e. The van der Waals surface area contributed by atoms with Gasteiger partial charge in [-0.2, -0.15) is 0 Å². The number of hydrogen-bond acceptors (Lipinski definition) is 4. The molecule has 1 aromatic rings. The summed E-state index contributed by atoms with van der Waals surface area (Å²) < 4.78 is 0. The lowest BCUT2D eigenvalue weighted by Gasteiger charge is -2.11. The average Bonchev–Trinajstić information content (AvgIpc) is 2.70. The van der Waals surface area contributed by atoms with Gasteiger partial charge in [0.2, 0.25) is 0 Å². The van der Waals surface area contributed by atoms with Gasteiger partial charge in [-0.25, -0.2) is 4.98 Å². The topological polar surface area (TPSA) is 42.1 Å². The molecule has 2 N–H and O–H groups in total. The summed E-state index contributed by atoms with van der Waals surface area (Å²) in [6.07, 6.45) is 2.44. The molecule has 1 aromatic heterocycles. The van der Waals surface area contributed by atoms with E-state index in [0.717, 1.165) is 23.1 Å². The van der Waals surface area contributed by atoms with Crippen molar-refractivity contribution < 1.29 is 0 Å². The molecule has 0 atom stereocenters. The van der Waals surface area contributed by atoms with Crippen LogP contribution in [-0.4, -0.2) is 23.1 Å². The molecule has 1 aliphatic rings. The van der Waals surface area contributed by atoms with E-state index in [0.29, 0.717) is 10.1 Å². The van der Waals surface area contributed by atoms with Crippen LogP contribution in [0, 0.1) is 0 Å². The molecule has 2 heterocycles. The third-order valence-electron chi connectivity index (χ3n) is 2.17. The lowest BCUT2D eigenvalue weighted by atomic mass is 10.4. The van der Waals surface area contributed by atoms with Crippen LogP contribution in [0.25, 0.3) is 0 Å². The molecule has 0 saturated carbocycles. The summed E-state index contributed by atoms with van der Waals surface area (Å²) in [5.41, 5.74) is 5.53. The van der Waals surface area contributed by atoms with Gasteiger partial charge in [0.15, 0.2) is 10.3 Å². The molecule has 0 unspecified atom stereocenters. The zero-order chi connectivity index (χ0) is 10.1. The van der Waals surface area contributed by atoms with Crippen LogP contribution in [0.5, 0.6) is 0 Å². The Morgan fingerprint density at radius 3 is 2.64 bits per heavy atom. The number of aromatic nitrogens is 1. The van der Waals surface area contributed by atoms with E-state index >= 15 is 0 Å². The molecule has 6 heteroatoms. The van der Waals surface area contributed by atoms with Gasteiger partial charge in [0.1, 0.15) is 9.87 Å². The Labute approximate surface area is 96.9 Å². The highest BCUT2D eigenvalue weighted by atomic mass is 35.5. The first-order valence-electron chi connectivity index (χ1n) is 4.39. The molecule has 3 nitrogen and oxygen atoms in total. The molecule has 0 aromatic carbocycles. The van der Waals surface area contributed by atoms with Gasteiger partial charge >= 0.3 is 0 Å². The quantitative estimate of drug-likeness (QED) is 0.813. The summed E-state index contributed by atoms with van der Waals surface area (Å²) in [5.74, 6) is 0. The second-order valence-electron chi connectivity index (χ2n) is 3.17. The number of hydrogen-bond donors (Lipinski definition) is 1. The first kappa shape index (κ1) is 10.1. The Hall–Kier alpha value is -0.390. The fraction of sp³-hybridized carbons (Fsp3) is 0.500.